The lowest BCUT2D eigenvalue weighted by atomic mass is 10.1. The highest BCUT2D eigenvalue weighted by Crippen LogP contribution is 2.25. The maximum Gasteiger partial charge on any atom is 0.253 e. The number of thioether (sulfide) groups is 1. The maximum absolute atomic E-state index is 13.1. The van der Waals surface area contributed by atoms with Gasteiger partial charge in [-0.1, -0.05) is 90.1 Å². The van der Waals surface area contributed by atoms with Gasteiger partial charge in [-0.05, 0) is 23.3 Å². The fourth-order valence-corrected chi connectivity index (χ4v) is 5.33. The molecule has 1 aromatic heterocycles. The summed E-state index contributed by atoms with van der Waals surface area (Å²) in [6.45, 7) is 13.0. The van der Waals surface area contributed by atoms with Gasteiger partial charge in [0, 0.05) is 63.2 Å². The number of hydrogen-bond acceptors (Lipinski definition) is 6. The highest BCUT2D eigenvalue weighted by molar-refractivity contribution is 7.98. The smallest absolute Gasteiger partial charge is 0.253 e. The zero-order valence-electron chi connectivity index (χ0n) is 22.1. The van der Waals surface area contributed by atoms with Crippen LogP contribution in [0, 0.1) is 0 Å². The summed E-state index contributed by atoms with van der Waals surface area (Å²) in [5, 5.41) is 1.00. The molecule has 0 aliphatic carbocycles. The molecule has 0 spiro atoms. The molecule has 0 unspecified atom stereocenters. The van der Waals surface area contributed by atoms with Crippen molar-refractivity contribution in [2.24, 2.45) is 0 Å². The summed E-state index contributed by atoms with van der Waals surface area (Å²) in [5.74, 6) is 1.50. The Kier molecular flexibility index (Phi) is 10.8. The first-order valence-corrected chi connectivity index (χ1v) is 14.4. The minimum absolute atomic E-state index is 0.0843. The Morgan fingerprint density at radius 3 is 2.33 bits per heavy atom. The van der Waals surface area contributed by atoms with Crippen molar-refractivity contribution < 1.29 is 4.79 Å². The van der Waals surface area contributed by atoms with Crippen molar-refractivity contribution in [1.29, 1.82) is 0 Å². The molecule has 39 heavy (non-hydrogen) atoms. The van der Waals surface area contributed by atoms with E-state index < -0.39 is 0 Å². The Morgan fingerprint density at radius 1 is 0.974 bits per heavy atom. The fourth-order valence-electron chi connectivity index (χ4n) is 4.29. The molecule has 4 rings (SSSR count). The van der Waals surface area contributed by atoms with Crippen molar-refractivity contribution in [1.82, 2.24) is 19.8 Å². The summed E-state index contributed by atoms with van der Waals surface area (Å²) in [6, 6.07) is 19.9. The molecule has 1 fully saturated rings. The topological polar surface area (TPSA) is 52.6 Å². The molecule has 6 nitrogen and oxygen atoms in total. The van der Waals surface area contributed by atoms with E-state index in [4.69, 9.17) is 11.6 Å². The Balaban J connectivity index is 1.27. The van der Waals surface area contributed by atoms with E-state index in [1.54, 1.807) is 6.07 Å². The van der Waals surface area contributed by atoms with Crippen LogP contribution in [0.1, 0.15) is 21.5 Å². The quantitative estimate of drug-likeness (QED) is 0.116. The Bertz CT molecular complexity index is 1260. The number of halogens is 1. The summed E-state index contributed by atoms with van der Waals surface area (Å²) >= 11 is 7.79. The lowest BCUT2D eigenvalue weighted by Crippen LogP contribution is -2.48. The van der Waals surface area contributed by atoms with E-state index in [0.717, 1.165) is 44.1 Å². The monoisotopic (exact) mass is 559 g/mol. The summed E-state index contributed by atoms with van der Waals surface area (Å²) in [7, 11) is 0. The molecule has 8 heteroatoms. The van der Waals surface area contributed by atoms with E-state index in [0.29, 0.717) is 34.7 Å². The first-order valence-electron chi connectivity index (χ1n) is 13.0. The largest absolute Gasteiger partial charge is 0.349 e. The van der Waals surface area contributed by atoms with Gasteiger partial charge in [-0.2, -0.15) is 0 Å². The average molecular weight is 560 g/mol. The fraction of sp³-hybridized carbons (Fsp3) is 0.258. The first kappa shape index (κ1) is 28.6. The lowest BCUT2D eigenvalue weighted by Gasteiger charge is -2.34. The highest BCUT2D eigenvalue weighted by atomic mass is 35.5. The van der Waals surface area contributed by atoms with Crippen LogP contribution < -0.4 is 4.90 Å². The van der Waals surface area contributed by atoms with Crippen molar-refractivity contribution in [2.75, 3.05) is 50.7 Å². The minimum Gasteiger partial charge on any atom is -0.349 e. The van der Waals surface area contributed by atoms with Crippen molar-refractivity contribution in [2.45, 2.75) is 10.9 Å². The van der Waals surface area contributed by atoms with Crippen LogP contribution in [0.3, 0.4) is 0 Å². The zero-order valence-corrected chi connectivity index (χ0v) is 23.7. The van der Waals surface area contributed by atoms with Crippen LogP contribution in [-0.2, 0) is 5.75 Å². The number of carbonyl (C=O) groups is 1. The predicted octanol–water partition coefficient (Wildman–Crippen LogP) is 6.07. The standard InChI is InChI=1S/C31H34ClN5OS/c1-3-16-36(17-4-2)29-23-28(32)33-31(34-29)39-24-26-12-14-27(15-13-26)30(38)37-21-19-35(20-22-37)18-8-11-25-9-6-5-7-10-25/h3-15,23H,1-2,16-22,24H2. The number of nitrogens with zero attached hydrogens (tertiary/aromatic N) is 5. The van der Waals surface area contributed by atoms with E-state index in [9.17, 15) is 4.79 Å². The summed E-state index contributed by atoms with van der Waals surface area (Å²) < 4.78 is 0. The van der Waals surface area contributed by atoms with E-state index in [-0.39, 0.29) is 5.91 Å². The Hall–Kier alpha value is -3.39. The van der Waals surface area contributed by atoms with E-state index in [2.05, 4.69) is 52.3 Å². The molecule has 202 valence electrons. The van der Waals surface area contributed by atoms with Gasteiger partial charge in [0.15, 0.2) is 5.16 Å². The van der Waals surface area contributed by atoms with Gasteiger partial charge in [0.05, 0.1) is 0 Å². The second-order valence-electron chi connectivity index (χ2n) is 9.21. The molecule has 0 radical (unpaired) electrons. The molecule has 2 aromatic carbocycles. The van der Waals surface area contributed by atoms with Crippen LogP contribution in [0.5, 0.6) is 0 Å². The second-order valence-corrected chi connectivity index (χ2v) is 10.5. The SMILES string of the molecule is C=CCN(CC=C)c1cc(Cl)nc(SCc2ccc(C(=O)N3CCN(CC=Cc4ccccc4)CC3)cc2)n1. The Labute approximate surface area is 240 Å². The van der Waals surface area contributed by atoms with Gasteiger partial charge in [-0.15, -0.1) is 13.2 Å². The third kappa shape index (κ3) is 8.55. The van der Waals surface area contributed by atoms with Gasteiger partial charge >= 0.3 is 0 Å². The van der Waals surface area contributed by atoms with E-state index in [1.807, 2.05) is 64.4 Å². The van der Waals surface area contributed by atoms with Crippen LogP contribution >= 0.6 is 23.4 Å². The van der Waals surface area contributed by atoms with E-state index >= 15 is 0 Å². The van der Waals surface area contributed by atoms with Gasteiger partial charge in [-0.3, -0.25) is 9.69 Å². The average Bonchev–Trinajstić information content (AvgIpc) is 2.96. The molecular weight excluding hydrogens is 526 g/mol. The number of rotatable bonds is 12. The molecule has 2 heterocycles. The van der Waals surface area contributed by atoms with E-state index in [1.165, 1.54) is 17.3 Å². The van der Waals surface area contributed by atoms with Crippen molar-refractivity contribution in [3.8, 4) is 0 Å². The van der Waals surface area contributed by atoms with Crippen molar-refractivity contribution >= 4 is 41.2 Å². The molecule has 1 amide bonds. The molecular formula is C31H34ClN5OS. The molecule has 0 bridgehead atoms. The summed E-state index contributed by atoms with van der Waals surface area (Å²) in [4.78, 5) is 28.5. The van der Waals surface area contributed by atoms with Crippen LogP contribution in [0.2, 0.25) is 5.15 Å². The molecule has 3 aromatic rings. The lowest BCUT2D eigenvalue weighted by molar-refractivity contribution is 0.0650. The molecule has 0 saturated carbocycles. The van der Waals surface area contributed by atoms with Gasteiger partial charge in [0.2, 0.25) is 0 Å². The summed E-state index contributed by atoms with van der Waals surface area (Å²) in [5.41, 5.74) is 3.01. The van der Waals surface area contributed by atoms with Gasteiger partial charge < -0.3 is 9.80 Å². The third-order valence-electron chi connectivity index (χ3n) is 6.39. The number of aromatic nitrogens is 2. The van der Waals surface area contributed by atoms with Crippen LogP contribution in [0.25, 0.3) is 6.08 Å². The number of carbonyl (C=O) groups excluding carboxylic acids is 1. The van der Waals surface area contributed by atoms with Gasteiger partial charge in [-0.25, -0.2) is 9.97 Å². The molecule has 1 saturated heterocycles. The molecule has 1 aliphatic heterocycles. The number of benzene rings is 2. The van der Waals surface area contributed by atoms with Crippen LogP contribution in [0.15, 0.2) is 97.2 Å². The number of amides is 1. The van der Waals surface area contributed by atoms with Crippen molar-refractivity contribution in [3.63, 3.8) is 0 Å². The van der Waals surface area contributed by atoms with Gasteiger partial charge in [0.25, 0.3) is 5.91 Å². The Morgan fingerprint density at radius 2 is 1.67 bits per heavy atom. The first-order chi connectivity index (χ1) is 19.1. The zero-order chi connectivity index (χ0) is 27.5. The maximum atomic E-state index is 13.1. The molecule has 0 atom stereocenters. The van der Waals surface area contributed by atoms with Crippen LogP contribution in [-0.4, -0.2) is 71.5 Å². The van der Waals surface area contributed by atoms with Crippen molar-refractivity contribution in [3.05, 3.63) is 114 Å². The third-order valence-corrected chi connectivity index (χ3v) is 7.50. The second kappa shape index (κ2) is 14.7. The molecule has 1 aliphatic rings. The minimum atomic E-state index is 0.0843. The highest BCUT2D eigenvalue weighted by Gasteiger charge is 2.21. The summed E-state index contributed by atoms with van der Waals surface area (Å²) in [6.07, 6.45) is 7.98. The number of piperazine rings is 1. The van der Waals surface area contributed by atoms with Crippen LogP contribution in [0.4, 0.5) is 5.82 Å². The molecule has 0 N–H and O–H groups in total. The number of anilines is 1. The van der Waals surface area contributed by atoms with Gasteiger partial charge in [0.1, 0.15) is 11.0 Å². The number of hydrogen-bond donors (Lipinski definition) is 0. The predicted molar refractivity (Wildman–Crippen MR) is 163 cm³/mol. The normalized spacial score (nSPS) is 13.9.